The molecule has 2 N–H and O–H groups in total. The van der Waals surface area contributed by atoms with Crippen molar-refractivity contribution < 1.29 is 23.1 Å². The number of nitrogens with zero attached hydrogens (tertiary/aromatic N) is 1. The van der Waals surface area contributed by atoms with Gasteiger partial charge >= 0.3 is 5.97 Å². The Hall–Kier alpha value is -1.80. The third-order valence-electron chi connectivity index (χ3n) is 5.29. The van der Waals surface area contributed by atoms with Crippen molar-refractivity contribution in [3.63, 3.8) is 0 Å². The van der Waals surface area contributed by atoms with E-state index in [0.717, 1.165) is 31.4 Å². The highest BCUT2D eigenvalue weighted by Crippen LogP contribution is 2.33. The number of carbonyl (C=O) groups is 1. The summed E-state index contributed by atoms with van der Waals surface area (Å²) in [5.74, 6) is -0.640. The first-order valence-electron chi connectivity index (χ1n) is 9.09. The molecule has 0 aromatic heterocycles. The highest BCUT2D eigenvalue weighted by atomic mass is 32.2. The minimum absolute atomic E-state index is 0.191. The van der Waals surface area contributed by atoms with E-state index in [0.29, 0.717) is 31.7 Å². The average molecular weight is 382 g/mol. The lowest BCUT2D eigenvalue weighted by Gasteiger charge is -2.28. The Morgan fingerprint density at radius 2 is 1.85 bits per heavy atom. The maximum Gasteiger partial charge on any atom is 0.306 e. The van der Waals surface area contributed by atoms with E-state index in [-0.39, 0.29) is 16.9 Å². The molecule has 1 heterocycles. The van der Waals surface area contributed by atoms with Gasteiger partial charge in [0.2, 0.25) is 10.0 Å². The number of nitrogens with one attached hydrogen (secondary N) is 1. The summed E-state index contributed by atoms with van der Waals surface area (Å²) in [5, 5.41) is 12.5. The van der Waals surface area contributed by atoms with E-state index < -0.39 is 16.0 Å². The normalized spacial score (nSPS) is 24.3. The summed E-state index contributed by atoms with van der Waals surface area (Å²) in [5.41, 5.74) is 0.793. The minimum atomic E-state index is -3.53. The molecule has 1 aliphatic heterocycles. The van der Waals surface area contributed by atoms with Gasteiger partial charge in [0, 0.05) is 30.9 Å². The van der Waals surface area contributed by atoms with Crippen LogP contribution in [0.15, 0.2) is 23.1 Å². The molecule has 1 aliphatic carbocycles. The van der Waals surface area contributed by atoms with Gasteiger partial charge in [-0.3, -0.25) is 4.79 Å². The molecule has 8 heteroatoms. The molecule has 0 unspecified atom stereocenters. The second-order valence-corrected chi connectivity index (χ2v) is 8.91. The van der Waals surface area contributed by atoms with Crippen LogP contribution < -0.4 is 10.1 Å². The van der Waals surface area contributed by atoms with Crippen LogP contribution in [-0.2, 0) is 14.8 Å². The number of benzene rings is 1. The number of ether oxygens (including phenoxy) is 1. The number of methoxy groups -OCH3 is 1. The zero-order valence-electron chi connectivity index (χ0n) is 15.0. The van der Waals surface area contributed by atoms with E-state index in [1.54, 1.807) is 18.2 Å². The number of anilines is 1. The fraction of sp³-hybridized carbons (Fsp3) is 0.611. The average Bonchev–Trinajstić information content (AvgIpc) is 3.17. The SMILES string of the molecule is COc1cc(NC2CCC(C(=O)O)CC2)ccc1S(=O)(=O)N1CCCC1. The molecule has 2 aliphatic rings. The van der Waals surface area contributed by atoms with E-state index >= 15 is 0 Å². The summed E-state index contributed by atoms with van der Waals surface area (Å²) in [6.45, 7) is 1.11. The summed E-state index contributed by atoms with van der Waals surface area (Å²) in [7, 11) is -2.06. The molecule has 1 aromatic rings. The monoisotopic (exact) mass is 382 g/mol. The molecule has 0 radical (unpaired) electrons. The number of carboxylic acid groups (broad SMARTS) is 1. The van der Waals surface area contributed by atoms with Gasteiger partial charge in [-0.05, 0) is 50.7 Å². The Bertz CT molecular complexity index is 751. The maximum atomic E-state index is 12.8. The lowest BCUT2D eigenvalue weighted by Crippen LogP contribution is -2.29. The largest absolute Gasteiger partial charge is 0.495 e. The number of hydrogen-bond donors (Lipinski definition) is 2. The van der Waals surface area contributed by atoms with Crippen LogP contribution in [0.1, 0.15) is 38.5 Å². The number of rotatable bonds is 6. The van der Waals surface area contributed by atoms with Gasteiger partial charge in [-0.1, -0.05) is 0 Å². The predicted molar refractivity (Wildman–Crippen MR) is 98.0 cm³/mol. The molecule has 0 atom stereocenters. The maximum absolute atomic E-state index is 12.8. The quantitative estimate of drug-likeness (QED) is 0.785. The van der Waals surface area contributed by atoms with Crippen molar-refractivity contribution in [1.82, 2.24) is 4.31 Å². The molecule has 0 spiro atoms. The molecule has 3 rings (SSSR count). The predicted octanol–water partition coefficient (Wildman–Crippen LogP) is 2.54. The van der Waals surface area contributed by atoms with Crippen LogP contribution in [0.25, 0.3) is 0 Å². The zero-order valence-corrected chi connectivity index (χ0v) is 15.8. The Morgan fingerprint density at radius 1 is 1.19 bits per heavy atom. The van der Waals surface area contributed by atoms with Crippen molar-refractivity contribution in [2.75, 3.05) is 25.5 Å². The smallest absolute Gasteiger partial charge is 0.306 e. The van der Waals surface area contributed by atoms with Crippen LogP contribution in [0.2, 0.25) is 0 Å². The second-order valence-electron chi connectivity index (χ2n) is 7.01. The zero-order chi connectivity index (χ0) is 18.7. The topological polar surface area (TPSA) is 95.9 Å². The third kappa shape index (κ3) is 3.96. The fourth-order valence-electron chi connectivity index (χ4n) is 3.76. The number of sulfonamides is 1. The molecule has 26 heavy (non-hydrogen) atoms. The van der Waals surface area contributed by atoms with Gasteiger partial charge in [-0.25, -0.2) is 8.42 Å². The molecular weight excluding hydrogens is 356 g/mol. The minimum Gasteiger partial charge on any atom is -0.495 e. The van der Waals surface area contributed by atoms with Crippen molar-refractivity contribution in [3.05, 3.63) is 18.2 Å². The molecule has 0 bridgehead atoms. The summed E-state index contributed by atoms with van der Waals surface area (Å²) in [6, 6.07) is 5.26. The van der Waals surface area contributed by atoms with E-state index in [1.807, 2.05) is 0 Å². The van der Waals surface area contributed by atoms with E-state index in [2.05, 4.69) is 5.32 Å². The number of hydrogen-bond acceptors (Lipinski definition) is 5. The molecule has 1 saturated heterocycles. The molecule has 1 aromatic carbocycles. The first kappa shape index (κ1) is 19.0. The molecule has 0 amide bonds. The van der Waals surface area contributed by atoms with Gasteiger partial charge in [0.1, 0.15) is 10.6 Å². The van der Waals surface area contributed by atoms with Crippen molar-refractivity contribution in [2.24, 2.45) is 5.92 Å². The van der Waals surface area contributed by atoms with Crippen LogP contribution in [0.3, 0.4) is 0 Å². The third-order valence-corrected chi connectivity index (χ3v) is 7.23. The van der Waals surface area contributed by atoms with E-state index in [4.69, 9.17) is 9.84 Å². The standard InChI is InChI=1S/C18H26N2O5S/c1-25-16-12-15(19-14-6-4-13(5-7-14)18(21)22)8-9-17(16)26(23,24)20-10-2-3-11-20/h8-9,12-14,19H,2-7,10-11H2,1H3,(H,21,22). The van der Waals surface area contributed by atoms with Gasteiger partial charge in [-0.2, -0.15) is 4.31 Å². The molecule has 7 nitrogen and oxygen atoms in total. The number of aliphatic carboxylic acids is 1. The summed E-state index contributed by atoms with van der Waals surface area (Å²) < 4.78 is 32.4. The molecule has 2 fully saturated rings. The summed E-state index contributed by atoms with van der Waals surface area (Å²) in [4.78, 5) is 11.2. The van der Waals surface area contributed by atoms with Crippen LogP contribution in [0.4, 0.5) is 5.69 Å². The van der Waals surface area contributed by atoms with Crippen LogP contribution in [-0.4, -0.2) is 50.0 Å². The summed E-state index contributed by atoms with van der Waals surface area (Å²) >= 11 is 0. The lowest BCUT2D eigenvalue weighted by atomic mass is 9.86. The highest BCUT2D eigenvalue weighted by molar-refractivity contribution is 7.89. The van der Waals surface area contributed by atoms with Gasteiger partial charge < -0.3 is 15.2 Å². The Kier molecular flexibility index (Phi) is 5.72. The van der Waals surface area contributed by atoms with Gasteiger partial charge in [0.15, 0.2) is 0 Å². The molecular formula is C18H26N2O5S. The van der Waals surface area contributed by atoms with Crippen molar-refractivity contribution in [1.29, 1.82) is 0 Å². The van der Waals surface area contributed by atoms with E-state index in [1.165, 1.54) is 11.4 Å². The first-order valence-corrected chi connectivity index (χ1v) is 10.5. The van der Waals surface area contributed by atoms with Gasteiger partial charge in [-0.15, -0.1) is 0 Å². The summed E-state index contributed by atoms with van der Waals surface area (Å²) in [6.07, 6.45) is 4.66. The Labute approximate surface area is 154 Å². The number of carboxylic acids is 1. The van der Waals surface area contributed by atoms with Crippen molar-refractivity contribution >= 4 is 21.7 Å². The van der Waals surface area contributed by atoms with E-state index in [9.17, 15) is 13.2 Å². The molecule has 144 valence electrons. The van der Waals surface area contributed by atoms with Crippen LogP contribution in [0.5, 0.6) is 5.75 Å². The van der Waals surface area contributed by atoms with Crippen molar-refractivity contribution in [2.45, 2.75) is 49.5 Å². The van der Waals surface area contributed by atoms with Crippen LogP contribution >= 0.6 is 0 Å². The Morgan fingerprint density at radius 3 is 2.42 bits per heavy atom. The van der Waals surface area contributed by atoms with Gasteiger partial charge in [0.05, 0.1) is 13.0 Å². The lowest BCUT2D eigenvalue weighted by molar-refractivity contribution is -0.142. The van der Waals surface area contributed by atoms with Crippen molar-refractivity contribution in [3.8, 4) is 5.75 Å². The van der Waals surface area contributed by atoms with Crippen LogP contribution in [0, 0.1) is 5.92 Å². The highest BCUT2D eigenvalue weighted by Gasteiger charge is 2.30. The molecule has 1 saturated carbocycles. The Balaban J connectivity index is 1.72. The second kappa shape index (κ2) is 7.84. The fourth-order valence-corrected chi connectivity index (χ4v) is 5.41. The van der Waals surface area contributed by atoms with Gasteiger partial charge in [0.25, 0.3) is 0 Å². The first-order chi connectivity index (χ1) is 12.4.